The standard InChI is InChI=1S/C18H24N2/c1-18(16-5-3-2-4-6-16)13-20(14-18)17-9-7-15(8-10-17)11-12-19/h2-6,15,17H,7-11,13-14H2,1H3. The highest BCUT2D eigenvalue weighted by Gasteiger charge is 2.43. The number of rotatable bonds is 3. The van der Waals surface area contributed by atoms with Crippen molar-refractivity contribution < 1.29 is 0 Å². The molecule has 106 valence electrons. The lowest BCUT2D eigenvalue weighted by atomic mass is 9.73. The lowest BCUT2D eigenvalue weighted by Gasteiger charge is -2.53. The van der Waals surface area contributed by atoms with Gasteiger partial charge >= 0.3 is 0 Å². The van der Waals surface area contributed by atoms with E-state index in [1.807, 2.05) is 0 Å². The Bertz CT molecular complexity index is 474. The van der Waals surface area contributed by atoms with Gasteiger partial charge in [0.05, 0.1) is 6.07 Å². The molecule has 0 atom stereocenters. The highest BCUT2D eigenvalue weighted by molar-refractivity contribution is 5.28. The van der Waals surface area contributed by atoms with E-state index in [1.54, 1.807) is 0 Å². The maximum absolute atomic E-state index is 8.79. The van der Waals surface area contributed by atoms with Crippen LogP contribution in [0.25, 0.3) is 0 Å². The van der Waals surface area contributed by atoms with Gasteiger partial charge in [-0.2, -0.15) is 5.26 Å². The fourth-order valence-corrected chi connectivity index (χ4v) is 3.97. The van der Waals surface area contributed by atoms with Crippen LogP contribution in [-0.2, 0) is 5.41 Å². The van der Waals surface area contributed by atoms with Crippen molar-refractivity contribution in [1.82, 2.24) is 4.90 Å². The monoisotopic (exact) mass is 268 g/mol. The molecule has 0 radical (unpaired) electrons. The van der Waals surface area contributed by atoms with Crippen molar-refractivity contribution in [1.29, 1.82) is 5.26 Å². The van der Waals surface area contributed by atoms with Crippen LogP contribution < -0.4 is 0 Å². The lowest BCUT2D eigenvalue weighted by molar-refractivity contribution is 0.0126. The minimum absolute atomic E-state index is 0.352. The largest absolute Gasteiger partial charge is 0.299 e. The minimum atomic E-state index is 0.352. The van der Waals surface area contributed by atoms with Gasteiger partial charge in [0.2, 0.25) is 0 Å². The molecule has 1 saturated carbocycles. The van der Waals surface area contributed by atoms with Crippen molar-refractivity contribution in [2.75, 3.05) is 13.1 Å². The van der Waals surface area contributed by atoms with Crippen molar-refractivity contribution >= 4 is 0 Å². The van der Waals surface area contributed by atoms with Crippen LogP contribution in [0.2, 0.25) is 0 Å². The summed E-state index contributed by atoms with van der Waals surface area (Å²) >= 11 is 0. The van der Waals surface area contributed by atoms with Crippen LogP contribution >= 0.6 is 0 Å². The quantitative estimate of drug-likeness (QED) is 0.835. The topological polar surface area (TPSA) is 27.0 Å². The van der Waals surface area contributed by atoms with Crippen LogP contribution in [0, 0.1) is 17.2 Å². The number of benzene rings is 1. The number of hydrogen-bond acceptors (Lipinski definition) is 2. The summed E-state index contributed by atoms with van der Waals surface area (Å²) in [5.74, 6) is 0.665. The summed E-state index contributed by atoms with van der Waals surface area (Å²) in [6.07, 6.45) is 5.83. The molecule has 0 unspecified atom stereocenters. The van der Waals surface area contributed by atoms with Gasteiger partial charge in [-0.1, -0.05) is 37.3 Å². The van der Waals surface area contributed by atoms with Crippen molar-refractivity contribution in [3.63, 3.8) is 0 Å². The number of hydrogen-bond donors (Lipinski definition) is 0. The zero-order chi connectivity index (χ0) is 14.0. The summed E-state index contributed by atoms with van der Waals surface area (Å²) < 4.78 is 0. The summed E-state index contributed by atoms with van der Waals surface area (Å²) in [5.41, 5.74) is 1.83. The SMILES string of the molecule is CC1(c2ccccc2)CN(C2CCC(CC#N)CC2)C1. The molecule has 2 heteroatoms. The molecule has 2 nitrogen and oxygen atoms in total. The summed E-state index contributed by atoms with van der Waals surface area (Å²) in [7, 11) is 0. The van der Waals surface area contributed by atoms with Gasteiger partial charge in [0, 0.05) is 31.0 Å². The molecule has 1 aliphatic carbocycles. The summed E-state index contributed by atoms with van der Waals surface area (Å²) in [6.45, 7) is 4.79. The second kappa shape index (κ2) is 5.58. The van der Waals surface area contributed by atoms with E-state index in [0.29, 0.717) is 11.3 Å². The van der Waals surface area contributed by atoms with Crippen molar-refractivity contribution in [2.24, 2.45) is 5.92 Å². The second-order valence-corrected chi connectivity index (χ2v) is 6.87. The molecule has 2 fully saturated rings. The van der Waals surface area contributed by atoms with Crippen molar-refractivity contribution in [2.45, 2.75) is 50.5 Å². The van der Waals surface area contributed by atoms with Gasteiger partial charge in [-0.05, 0) is 37.2 Å². The normalized spacial score (nSPS) is 29.4. The first-order valence-corrected chi connectivity index (χ1v) is 7.88. The third-order valence-corrected chi connectivity index (χ3v) is 5.29. The van der Waals surface area contributed by atoms with Gasteiger partial charge in [-0.25, -0.2) is 0 Å². The Hall–Kier alpha value is -1.33. The molecule has 0 N–H and O–H groups in total. The third-order valence-electron chi connectivity index (χ3n) is 5.29. The Morgan fingerprint density at radius 2 is 1.80 bits per heavy atom. The van der Waals surface area contributed by atoms with Gasteiger partial charge in [0.15, 0.2) is 0 Å². The smallest absolute Gasteiger partial charge is 0.0624 e. The van der Waals surface area contributed by atoms with Crippen LogP contribution in [-0.4, -0.2) is 24.0 Å². The van der Waals surface area contributed by atoms with Crippen LogP contribution in [0.15, 0.2) is 30.3 Å². The van der Waals surface area contributed by atoms with E-state index in [1.165, 1.54) is 44.3 Å². The van der Waals surface area contributed by atoms with Crippen molar-refractivity contribution in [3.8, 4) is 6.07 Å². The van der Waals surface area contributed by atoms with Gasteiger partial charge < -0.3 is 0 Å². The third kappa shape index (κ3) is 2.60. The van der Waals surface area contributed by atoms with Crippen LogP contribution in [0.4, 0.5) is 0 Å². The molecular weight excluding hydrogens is 244 g/mol. The Balaban J connectivity index is 1.53. The first kappa shape index (κ1) is 13.6. The summed E-state index contributed by atoms with van der Waals surface area (Å²) in [4.78, 5) is 2.66. The lowest BCUT2D eigenvalue weighted by Crippen LogP contribution is -2.61. The Morgan fingerprint density at radius 1 is 1.15 bits per heavy atom. The average Bonchev–Trinajstić information content (AvgIpc) is 2.46. The number of likely N-dealkylation sites (tertiary alicyclic amines) is 1. The van der Waals surface area contributed by atoms with E-state index in [-0.39, 0.29) is 0 Å². The van der Waals surface area contributed by atoms with Gasteiger partial charge in [-0.3, -0.25) is 4.90 Å². The maximum atomic E-state index is 8.79. The fraction of sp³-hybridized carbons (Fsp3) is 0.611. The molecule has 1 aromatic rings. The van der Waals surface area contributed by atoms with E-state index < -0.39 is 0 Å². The van der Waals surface area contributed by atoms with E-state index in [9.17, 15) is 0 Å². The molecule has 1 heterocycles. The first-order valence-electron chi connectivity index (χ1n) is 7.88. The number of nitrogens with zero attached hydrogens (tertiary/aromatic N) is 2. The second-order valence-electron chi connectivity index (χ2n) is 6.87. The molecule has 0 amide bonds. The van der Waals surface area contributed by atoms with Crippen molar-refractivity contribution in [3.05, 3.63) is 35.9 Å². The Labute approximate surface area is 122 Å². The van der Waals surface area contributed by atoms with E-state index in [4.69, 9.17) is 5.26 Å². The van der Waals surface area contributed by atoms with Gasteiger partial charge in [-0.15, -0.1) is 0 Å². The van der Waals surface area contributed by atoms with Crippen LogP contribution in [0.5, 0.6) is 0 Å². The molecule has 0 spiro atoms. The molecule has 20 heavy (non-hydrogen) atoms. The van der Waals surface area contributed by atoms with E-state index >= 15 is 0 Å². The zero-order valence-electron chi connectivity index (χ0n) is 12.4. The van der Waals surface area contributed by atoms with Crippen LogP contribution in [0.1, 0.15) is 44.6 Å². The minimum Gasteiger partial charge on any atom is -0.299 e. The predicted octanol–water partition coefficient (Wildman–Crippen LogP) is 3.73. The zero-order valence-corrected chi connectivity index (χ0v) is 12.4. The highest BCUT2D eigenvalue weighted by Crippen LogP contribution is 2.39. The average molecular weight is 268 g/mol. The molecular formula is C18H24N2. The molecule has 3 rings (SSSR count). The molecule has 2 aliphatic rings. The molecule has 0 aromatic heterocycles. The summed E-state index contributed by atoms with van der Waals surface area (Å²) in [6, 6.07) is 14.0. The molecule has 1 saturated heterocycles. The highest BCUT2D eigenvalue weighted by atomic mass is 15.2. The van der Waals surface area contributed by atoms with Gasteiger partial charge in [0.25, 0.3) is 0 Å². The van der Waals surface area contributed by atoms with Crippen LogP contribution in [0.3, 0.4) is 0 Å². The Kier molecular flexibility index (Phi) is 3.81. The molecule has 1 aromatic carbocycles. The first-order chi connectivity index (χ1) is 9.71. The summed E-state index contributed by atoms with van der Waals surface area (Å²) in [5, 5.41) is 8.79. The predicted molar refractivity (Wildman–Crippen MR) is 81.3 cm³/mol. The van der Waals surface area contributed by atoms with E-state index in [2.05, 4.69) is 48.2 Å². The fourth-order valence-electron chi connectivity index (χ4n) is 3.97. The molecule has 1 aliphatic heterocycles. The molecule has 0 bridgehead atoms. The maximum Gasteiger partial charge on any atom is 0.0624 e. The Morgan fingerprint density at radius 3 is 2.40 bits per heavy atom. The van der Waals surface area contributed by atoms with Gasteiger partial charge in [0.1, 0.15) is 0 Å². The van der Waals surface area contributed by atoms with E-state index in [0.717, 1.165) is 12.5 Å². The number of nitriles is 1.